The number of carbonyl (C=O) groups excluding carboxylic acids is 1. The Bertz CT molecular complexity index is 347. The van der Waals surface area contributed by atoms with Gasteiger partial charge in [0.2, 0.25) is 0 Å². The molecule has 0 spiro atoms. The lowest BCUT2D eigenvalue weighted by Gasteiger charge is -2.11. The Morgan fingerprint density at radius 2 is 1.48 bits per heavy atom. The molecule has 0 saturated carbocycles. The number of allylic oxidation sites excluding steroid dienone is 4. The molecule has 1 unspecified atom stereocenters. The highest BCUT2D eigenvalue weighted by Gasteiger charge is 2.08. The molecule has 0 aromatic carbocycles. The van der Waals surface area contributed by atoms with E-state index in [9.17, 15) is 4.79 Å². The lowest BCUT2D eigenvalue weighted by atomic mass is 10.1. The Labute approximate surface area is 155 Å². The first-order chi connectivity index (χ1) is 12.2. The van der Waals surface area contributed by atoms with Gasteiger partial charge in [0.1, 0.15) is 6.10 Å². The van der Waals surface area contributed by atoms with Gasteiger partial charge in [0.15, 0.2) is 0 Å². The molecule has 0 N–H and O–H groups in total. The maximum Gasteiger partial charge on any atom is 0.306 e. The Hall–Kier alpha value is -1.09. The van der Waals surface area contributed by atoms with Crippen molar-refractivity contribution >= 4 is 5.97 Å². The molecule has 146 valence electrons. The molecule has 0 bridgehead atoms. The normalized spacial score (nSPS) is 12.9. The Balaban J connectivity index is 3.33. The minimum Gasteiger partial charge on any atom is -0.460 e. The van der Waals surface area contributed by atoms with Crippen molar-refractivity contribution in [2.45, 2.75) is 97.0 Å². The number of hydrogen-bond acceptors (Lipinski definition) is 3. The van der Waals surface area contributed by atoms with Crippen LogP contribution in [0.25, 0.3) is 0 Å². The fraction of sp³-hybridized carbons (Fsp3) is 0.773. The number of rotatable bonds is 17. The largest absolute Gasteiger partial charge is 0.460 e. The summed E-state index contributed by atoms with van der Waals surface area (Å²) >= 11 is 0. The fourth-order valence-electron chi connectivity index (χ4n) is 2.63. The fourth-order valence-corrected chi connectivity index (χ4v) is 2.63. The molecule has 0 heterocycles. The minimum absolute atomic E-state index is 0.102. The van der Waals surface area contributed by atoms with E-state index in [1.54, 1.807) is 7.11 Å². The van der Waals surface area contributed by atoms with Crippen LogP contribution in [0, 0.1) is 0 Å². The van der Waals surface area contributed by atoms with Crippen LogP contribution < -0.4 is 0 Å². The van der Waals surface area contributed by atoms with E-state index in [1.807, 2.05) is 6.92 Å². The van der Waals surface area contributed by atoms with Gasteiger partial charge in [-0.1, -0.05) is 63.3 Å². The van der Waals surface area contributed by atoms with Crippen LogP contribution >= 0.6 is 0 Å². The lowest BCUT2D eigenvalue weighted by molar-refractivity contribution is -0.150. The van der Waals surface area contributed by atoms with Gasteiger partial charge in [-0.15, -0.1) is 0 Å². The third-order valence-corrected chi connectivity index (χ3v) is 4.07. The number of methoxy groups -OCH3 is 1. The van der Waals surface area contributed by atoms with Crippen LogP contribution in [0.2, 0.25) is 0 Å². The molecule has 3 heteroatoms. The predicted octanol–water partition coefficient (Wildman–Crippen LogP) is 6.38. The smallest absolute Gasteiger partial charge is 0.306 e. The molecule has 0 aliphatic carbocycles. The molecule has 1 atom stereocenters. The third-order valence-electron chi connectivity index (χ3n) is 4.07. The van der Waals surface area contributed by atoms with Crippen LogP contribution in [-0.2, 0) is 14.3 Å². The first-order valence-corrected chi connectivity index (χ1v) is 10.2. The van der Waals surface area contributed by atoms with Crippen molar-refractivity contribution in [3.8, 4) is 0 Å². The average molecular weight is 353 g/mol. The maximum atomic E-state index is 11.6. The number of hydrogen-bond donors (Lipinski definition) is 0. The van der Waals surface area contributed by atoms with E-state index >= 15 is 0 Å². The minimum atomic E-state index is -0.143. The van der Waals surface area contributed by atoms with E-state index in [-0.39, 0.29) is 12.1 Å². The lowest BCUT2D eigenvalue weighted by Crippen LogP contribution is -2.19. The summed E-state index contributed by atoms with van der Waals surface area (Å²) in [5.74, 6) is -0.102. The standard InChI is InChI=1S/C22H40O3/c1-4-5-6-7-8-9-10-11-12-13-14-15-16-17-18-19-22(23)25-21(2)20-24-3/h8-9,11-12,21H,4-7,10,13-20H2,1-3H3/b9-8-,12-11-. The molecule has 0 aliphatic heterocycles. The summed E-state index contributed by atoms with van der Waals surface area (Å²) in [4.78, 5) is 11.6. The van der Waals surface area contributed by atoms with Crippen LogP contribution in [0.4, 0.5) is 0 Å². The van der Waals surface area contributed by atoms with Gasteiger partial charge in [-0.2, -0.15) is 0 Å². The third kappa shape index (κ3) is 19.1. The maximum absolute atomic E-state index is 11.6. The second kappa shape index (κ2) is 19.2. The highest BCUT2D eigenvalue weighted by Crippen LogP contribution is 2.09. The van der Waals surface area contributed by atoms with Gasteiger partial charge in [0.25, 0.3) is 0 Å². The van der Waals surface area contributed by atoms with Gasteiger partial charge in [0.05, 0.1) is 6.61 Å². The second-order valence-electron chi connectivity index (χ2n) is 6.74. The summed E-state index contributed by atoms with van der Waals surface area (Å²) in [7, 11) is 1.62. The zero-order valence-corrected chi connectivity index (χ0v) is 16.8. The summed E-state index contributed by atoms with van der Waals surface area (Å²) in [6, 6.07) is 0. The Morgan fingerprint density at radius 3 is 2.12 bits per heavy atom. The van der Waals surface area contributed by atoms with Gasteiger partial charge < -0.3 is 9.47 Å². The molecule has 0 fully saturated rings. The van der Waals surface area contributed by atoms with Crippen molar-refractivity contribution in [2.75, 3.05) is 13.7 Å². The van der Waals surface area contributed by atoms with Crippen molar-refractivity contribution in [1.29, 1.82) is 0 Å². The molecule has 25 heavy (non-hydrogen) atoms. The van der Waals surface area contributed by atoms with Crippen LogP contribution in [0.5, 0.6) is 0 Å². The van der Waals surface area contributed by atoms with Crippen LogP contribution in [0.15, 0.2) is 24.3 Å². The van der Waals surface area contributed by atoms with E-state index in [1.165, 1.54) is 51.4 Å². The number of ether oxygens (including phenoxy) is 2. The molecule has 0 saturated heterocycles. The van der Waals surface area contributed by atoms with E-state index in [0.717, 1.165) is 19.3 Å². The van der Waals surface area contributed by atoms with Crippen molar-refractivity contribution in [3.63, 3.8) is 0 Å². The van der Waals surface area contributed by atoms with Crippen molar-refractivity contribution in [3.05, 3.63) is 24.3 Å². The summed E-state index contributed by atoms with van der Waals surface area (Å²) in [5.41, 5.74) is 0. The SMILES string of the molecule is CCCCC/C=C\C/C=C\CCCCCCCC(=O)OC(C)COC. The molecular formula is C22H40O3. The van der Waals surface area contributed by atoms with Crippen molar-refractivity contribution in [2.24, 2.45) is 0 Å². The van der Waals surface area contributed by atoms with Gasteiger partial charge >= 0.3 is 5.97 Å². The second-order valence-corrected chi connectivity index (χ2v) is 6.74. The first-order valence-electron chi connectivity index (χ1n) is 10.2. The summed E-state index contributed by atoms with van der Waals surface area (Å²) in [5, 5.41) is 0. The van der Waals surface area contributed by atoms with Crippen LogP contribution in [0.1, 0.15) is 90.9 Å². The van der Waals surface area contributed by atoms with Crippen LogP contribution in [-0.4, -0.2) is 25.8 Å². The van der Waals surface area contributed by atoms with Crippen LogP contribution in [0.3, 0.4) is 0 Å². The zero-order valence-electron chi connectivity index (χ0n) is 16.8. The monoisotopic (exact) mass is 352 g/mol. The van der Waals surface area contributed by atoms with Gasteiger partial charge in [-0.25, -0.2) is 0 Å². The molecule has 3 nitrogen and oxygen atoms in total. The van der Waals surface area contributed by atoms with E-state index < -0.39 is 0 Å². The number of unbranched alkanes of at least 4 members (excludes halogenated alkanes) is 8. The highest BCUT2D eigenvalue weighted by molar-refractivity contribution is 5.69. The van der Waals surface area contributed by atoms with Crippen molar-refractivity contribution < 1.29 is 14.3 Å². The van der Waals surface area contributed by atoms with Gasteiger partial charge in [0, 0.05) is 13.5 Å². The van der Waals surface area contributed by atoms with Crippen molar-refractivity contribution in [1.82, 2.24) is 0 Å². The molecule has 0 aromatic heterocycles. The summed E-state index contributed by atoms with van der Waals surface area (Å²) in [6.07, 6.45) is 22.7. The molecule has 0 aromatic rings. The Morgan fingerprint density at radius 1 is 0.880 bits per heavy atom. The molecule has 0 amide bonds. The molecular weight excluding hydrogens is 312 g/mol. The topological polar surface area (TPSA) is 35.5 Å². The first kappa shape index (κ1) is 23.9. The zero-order chi connectivity index (χ0) is 18.6. The summed E-state index contributed by atoms with van der Waals surface area (Å²) < 4.78 is 10.2. The molecule has 0 rings (SSSR count). The van der Waals surface area contributed by atoms with E-state index in [2.05, 4.69) is 31.2 Å². The Kier molecular flexibility index (Phi) is 18.4. The average Bonchev–Trinajstić information content (AvgIpc) is 2.58. The quantitative estimate of drug-likeness (QED) is 0.173. The van der Waals surface area contributed by atoms with Gasteiger partial charge in [-0.3, -0.25) is 4.79 Å². The summed E-state index contributed by atoms with van der Waals surface area (Å²) in [6.45, 7) is 4.57. The van der Waals surface area contributed by atoms with E-state index in [0.29, 0.717) is 13.0 Å². The number of carbonyl (C=O) groups is 1. The highest BCUT2D eigenvalue weighted by atomic mass is 16.6. The predicted molar refractivity (Wildman–Crippen MR) is 107 cm³/mol. The number of esters is 1. The van der Waals surface area contributed by atoms with Gasteiger partial charge in [-0.05, 0) is 45.4 Å². The van der Waals surface area contributed by atoms with E-state index in [4.69, 9.17) is 9.47 Å². The molecule has 0 aliphatic rings. The molecule has 0 radical (unpaired) electrons.